The molecule has 0 aliphatic carbocycles. The third-order valence-electron chi connectivity index (χ3n) is 4.30. The van der Waals surface area contributed by atoms with Crippen molar-refractivity contribution in [2.45, 2.75) is 52.8 Å². The number of hydrogen-bond donors (Lipinski definition) is 1. The summed E-state index contributed by atoms with van der Waals surface area (Å²) in [6.45, 7) is 8.56. The molecule has 0 saturated carbocycles. The lowest BCUT2D eigenvalue weighted by atomic mass is 10.2. The predicted octanol–water partition coefficient (Wildman–Crippen LogP) is 3.29. The minimum Gasteiger partial charge on any atom is -0.489 e. The number of carbonyl (C=O) groups is 1. The zero-order valence-corrected chi connectivity index (χ0v) is 16.2. The van der Waals surface area contributed by atoms with Gasteiger partial charge in [-0.05, 0) is 20.8 Å². The highest BCUT2D eigenvalue weighted by atomic mass is 32.1. The zero-order valence-electron chi connectivity index (χ0n) is 15.4. The van der Waals surface area contributed by atoms with Crippen LogP contribution in [-0.4, -0.2) is 39.5 Å². The molecule has 0 bridgehead atoms. The van der Waals surface area contributed by atoms with E-state index in [0.717, 1.165) is 23.6 Å². The van der Waals surface area contributed by atoms with Crippen molar-refractivity contribution in [3.63, 3.8) is 0 Å². The minimum absolute atomic E-state index is 0.0528. The molecular weight excluding hydrogens is 355 g/mol. The van der Waals surface area contributed by atoms with Crippen molar-refractivity contribution in [1.82, 2.24) is 14.9 Å². The van der Waals surface area contributed by atoms with Gasteiger partial charge < -0.3 is 10.1 Å². The number of halogens is 1. The lowest BCUT2D eigenvalue weighted by molar-refractivity contribution is -0.114. The topological polar surface area (TPSA) is 67.4 Å². The first kappa shape index (κ1) is 18.7. The van der Waals surface area contributed by atoms with E-state index in [1.165, 1.54) is 18.3 Å². The van der Waals surface area contributed by atoms with Gasteiger partial charge in [0.1, 0.15) is 11.9 Å². The second-order valence-corrected chi connectivity index (χ2v) is 7.84. The van der Waals surface area contributed by atoms with Crippen LogP contribution in [0.25, 0.3) is 0 Å². The number of aromatic nitrogens is 2. The molecule has 3 heterocycles. The molecule has 6 nitrogen and oxygen atoms in total. The fraction of sp³-hybridized carbons (Fsp3) is 0.500. The quantitative estimate of drug-likeness (QED) is 0.865. The number of hydrogen-bond acceptors (Lipinski definition) is 6. The van der Waals surface area contributed by atoms with Gasteiger partial charge in [-0.2, -0.15) is 9.37 Å². The number of rotatable bonds is 5. The molecule has 26 heavy (non-hydrogen) atoms. The summed E-state index contributed by atoms with van der Waals surface area (Å²) in [5, 5.41) is 2.83. The Labute approximate surface area is 156 Å². The van der Waals surface area contributed by atoms with Gasteiger partial charge in [0.15, 0.2) is 5.13 Å². The van der Waals surface area contributed by atoms with Crippen LogP contribution in [0, 0.1) is 19.8 Å². The van der Waals surface area contributed by atoms with Crippen LogP contribution in [0.5, 0.6) is 5.75 Å². The van der Waals surface area contributed by atoms with E-state index < -0.39 is 5.95 Å². The van der Waals surface area contributed by atoms with Crippen LogP contribution in [0.2, 0.25) is 0 Å². The van der Waals surface area contributed by atoms with E-state index in [2.05, 4.69) is 27.1 Å². The summed E-state index contributed by atoms with van der Waals surface area (Å²) in [6, 6.07) is 4.14. The van der Waals surface area contributed by atoms with E-state index >= 15 is 0 Å². The first-order chi connectivity index (χ1) is 12.3. The van der Waals surface area contributed by atoms with Crippen molar-refractivity contribution in [3.05, 3.63) is 34.3 Å². The molecule has 8 heteroatoms. The molecule has 1 N–H and O–H groups in total. The lowest BCUT2D eigenvalue weighted by Crippen LogP contribution is -2.28. The van der Waals surface area contributed by atoms with Crippen molar-refractivity contribution in [1.29, 1.82) is 0 Å². The van der Waals surface area contributed by atoms with Gasteiger partial charge in [-0.1, -0.05) is 11.3 Å². The summed E-state index contributed by atoms with van der Waals surface area (Å²) < 4.78 is 20.2. The number of aryl methyl sites for hydroxylation is 2. The molecule has 0 radical (unpaired) electrons. The molecule has 140 valence electrons. The van der Waals surface area contributed by atoms with Crippen LogP contribution in [0.15, 0.2) is 12.1 Å². The van der Waals surface area contributed by atoms with Gasteiger partial charge in [0.05, 0.1) is 4.88 Å². The van der Waals surface area contributed by atoms with Gasteiger partial charge >= 0.3 is 0 Å². The van der Waals surface area contributed by atoms with Crippen LogP contribution in [0.3, 0.4) is 0 Å². The highest BCUT2D eigenvalue weighted by Gasteiger charge is 2.31. The highest BCUT2D eigenvalue weighted by Crippen LogP contribution is 2.29. The summed E-state index contributed by atoms with van der Waals surface area (Å²) >= 11 is 1.18. The van der Waals surface area contributed by atoms with Crippen LogP contribution in [0.4, 0.5) is 9.52 Å². The molecular formula is C18H23FN4O2S. The highest BCUT2D eigenvalue weighted by molar-refractivity contribution is 7.15. The van der Waals surface area contributed by atoms with E-state index in [1.54, 1.807) is 0 Å². The average molecular weight is 378 g/mol. The number of likely N-dealkylation sites (tertiary alicyclic amines) is 1. The second-order valence-electron chi connectivity index (χ2n) is 6.75. The summed E-state index contributed by atoms with van der Waals surface area (Å²) in [5.41, 5.74) is 1.86. The van der Waals surface area contributed by atoms with Gasteiger partial charge in [-0.25, -0.2) is 0 Å². The molecule has 1 aliphatic rings. The van der Waals surface area contributed by atoms with Gasteiger partial charge in [0.25, 0.3) is 0 Å². The zero-order chi connectivity index (χ0) is 18.8. The Morgan fingerprint density at radius 3 is 2.73 bits per heavy atom. The average Bonchev–Trinajstić information content (AvgIpc) is 3.00. The maximum Gasteiger partial charge on any atom is 0.230 e. The summed E-state index contributed by atoms with van der Waals surface area (Å²) in [7, 11) is 0. The molecule has 0 aromatic carbocycles. The molecule has 2 atom stereocenters. The molecule has 1 fully saturated rings. The van der Waals surface area contributed by atoms with Gasteiger partial charge in [0.2, 0.25) is 11.9 Å². The first-order valence-corrected chi connectivity index (χ1v) is 9.40. The van der Waals surface area contributed by atoms with Crippen LogP contribution < -0.4 is 10.1 Å². The predicted molar refractivity (Wildman–Crippen MR) is 99.0 cm³/mol. The van der Waals surface area contributed by atoms with Crippen molar-refractivity contribution in [3.8, 4) is 5.75 Å². The first-order valence-electron chi connectivity index (χ1n) is 8.59. The standard InChI is InChI=1S/C18H23FN4O2S/c1-10-5-14(6-11(2)20-10)25-15-7-12(3)23(8-15)9-16-17(19)22-18(26-16)21-13(4)24/h5-6,12,15H,7-9H2,1-4H3,(H,21,22,24)/t12-,15-/m0/s1. The van der Waals surface area contributed by atoms with E-state index in [1.807, 2.05) is 26.0 Å². The number of thiazole rings is 1. The molecule has 2 aromatic heterocycles. The fourth-order valence-electron chi connectivity index (χ4n) is 3.23. The van der Waals surface area contributed by atoms with Crippen molar-refractivity contribution in [2.24, 2.45) is 0 Å². The van der Waals surface area contributed by atoms with E-state index in [-0.39, 0.29) is 18.1 Å². The molecule has 0 spiro atoms. The van der Waals surface area contributed by atoms with Crippen molar-refractivity contribution >= 4 is 22.4 Å². The van der Waals surface area contributed by atoms with E-state index in [0.29, 0.717) is 23.1 Å². The number of ether oxygens (including phenoxy) is 1. The van der Waals surface area contributed by atoms with Crippen LogP contribution in [0.1, 0.15) is 36.5 Å². The minimum atomic E-state index is -0.518. The smallest absolute Gasteiger partial charge is 0.230 e. The third kappa shape index (κ3) is 4.56. The summed E-state index contributed by atoms with van der Waals surface area (Å²) in [5.74, 6) is 0.0536. The summed E-state index contributed by atoms with van der Waals surface area (Å²) in [4.78, 5) is 21.9. The normalized spacial score (nSPS) is 20.3. The van der Waals surface area contributed by atoms with Gasteiger partial charge in [-0.15, -0.1) is 0 Å². The van der Waals surface area contributed by atoms with E-state index in [4.69, 9.17) is 4.74 Å². The summed E-state index contributed by atoms with van der Waals surface area (Å²) in [6.07, 6.45) is 0.927. The number of nitrogens with one attached hydrogen (secondary N) is 1. The Kier molecular flexibility index (Phi) is 5.52. The van der Waals surface area contributed by atoms with Crippen LogP contribution >= 0.6 is 11.3 Å². The maximum absolute atomic E-state index is 14.1. The largest absolute Gasteiger partial charge is 0.489 e. The molecule has 1 saturated heterocycles. The molecule has 1 aliphatic heterocycles. The Bertz CT molecular complexity index is 790. The SMILES string of the molecule is CC(=O)Nc1nc(F)c(CN2C[C@@H](Oc3cc(C)nc(C)c3)C[C@@H]2C)s1. The fourth-order valence-corrected chi connectivity index (χ4v) is 4.14. The Morgan fingerprint density at radius 2 is 2.08 bits per heavy atom. The molecule has 0 unspecified atom stereocenters. The Hall–Kier alpha value is -2.06. The van der Waals surface area contributed by atoms with Gasteiger partial charge in [-0.3, -0.25) is 14.7 Å². The second kappa shape index (κ2) is 7.67. The van der Waals surface area contributed by atoms with E-state index in [9.17, 15) is 9.18 Å². The Balaban J connectivity index is 1.63. The van der Waals surface area contributed by atoms with Gasteiger partial charge in [0, 0.05) is 56.0 Å². The molecule has 3 rings (SSSR count). The monoisotopic (exact) mass is 378 g/mol. The Morgan fingerprint density at radius 1 is 1.38 bits per heavy atom. The van der Waals surface area contributed by atoms with Crippen molar-refractivity contribution < 1.29 is 13.9 Å². The molecule has 2 aromatic rings. The molecule has 1 amide bonds. The number of amides is 1. The number of carbonyl (C=O) groups excluding carboxylic acids is 1. The third-order valence-corrected chi connectivity index (χ3v) is 5.23. The maximum atomic E-state index is 14.1. The lowest BCUT2D eigenvalue weighted by Gasteiger charge is -2.19. The number of anilines is 1. The van der Waals surface area contributed by atoms with Crippen molar-refractivity contribution in [2.75, 3.05) is 11.9 Å². The number of pyridine rings is 1. The number of nitrogens with zero attached hydrogens (tertiary/aromatic N) is 3. The van der Waals surface area contributed by atoms with Crippen LogP contribution in [-0.2, 0) is 11.3 Å².